The minimum absolute atomic E-state index is 0.864. The molecule has 0 saturated heterocycles. The molecule has 2 heteroatoms. The molecule has 0 saturated carbocycles. The topological polar surface area (TPSA) is 26.3 Å². The van der Waals surface area contributed by atoms with Crippen molar-refractivity contribution in [3.8, 4) is 66.8 Å². The summed E-state index contributed by atoms with van der Waals surface area (Å²) in [6.07, 6.45) is 0. The number of fused-ring (bicyclic) bond motifs is 12. The fraction of sp³-hybridized carbons (Fsp3) is 0. The first-order valence-corrected chi connectivity index (χ1v) is 27.5. The van der Waals surface area contributed by atoms with Crippen LogP contribution < -0.4 is 0 Å². The molecular formula is C78H46O2. The molecule has 0 atom stereocenters. The highest BCUT2D eigenvalue weighted by Crippen LogP contribution is 2.49. The molecule has 0 N–H and O–H groups in total. The Morgan fingerprint density at radius 2 is 0.562 bits per heavy atom. The molecule has 17 rings (SSSR count). The lowest BCUT2D eigenvalue weighted by Gasteiger charge is -2.20. The fourth-order valence-corrected chi connectivity index (χ4v) is 13.5. The van der Waals surface area contributed by atoms with Crippen molar-refractivity contribution in [3.63, 3.8) is 0 Å². The van der Waals surface area contributed by atoms with Gasteiger partial charge in [-0.15, -0.1) is 0 Å². The SMILES string of the molecule is c1ccc(-c2c3ccccc3c(-c3cc(-c4ccc5c(c4)oc4ccccc45)c4ccccc4c3)c3ccc(-c4ccc5c(c4)oc4cc(-c6c7ccccc7c(-c7cccc8ccccc78)c7ccccc67)ccc45)cc23)cc1. The van der Waals surface area contributed by atoms with E-state index in [0.717, 1.165) is 66.1 Å². The van der Waals surface area contributed by atoms with Crippen LogP contribution in [0.3, 0.4) is 0 Å². The summed E-state index contributed by atoms with van der Waals surface area (Å²) < 4.78 is 13.4. The summed E-state index contributed by atoms with van der Waals surface area (Å²) in [5, 5.41) is 19.1. The molecule has 0 amide bonds. The van der Waals surface area contributed by atoms with E-state index in [1.54, 1.807) is 0 Å². The Labute approximate surface area is 460 Å². The Kier molecular flexibility index (Phi) is 9.75. The van der Waals surface area contributed by atoms with E-state index in [0.29, 0.717) is 0 Å². The zero-order chi connectivity index (χ0) is 52.4. The van der Waals surface area contributed by atoms with Crippen LogP contribution in [0.15, 0.2) is 288 Å². The first kappa shape index (κ1) is 44.6. The van der Waals surface area contributed by atoms with Crippen LogP contribution in [0.1, 0.15) is 0 Å². The maximum Gasteiger partial charge on any atom is 0.136 e. The number of rotatable bonds is 6. The van der Waals surface area contributed by atoms with Crippen molar-refractivity contribution in [1.82, 2.24) is 0 Å². The van der Waals surface area contributed by atoms with Crippen molar-refractivity contribution in [2.24, 2.45) is 0 Å². The number of furan rings is 2. The highest BCUT2D eigenvalue weighted by molar-refractivity contribution is 6.25. The van der Waals surface area contributed by atoms with Gasteiger partial charge in [-0.2, -0.15) is 0 Å². The zero-order valence-electron chi connectivity index (χ0n) is 43.4. The van der Waals surface area contributed by atoms with Crippen molar-refractivity contribution in [2.75, 3.05) is 0 Å². The van der Waals surface area contributed by atoms with Crippen molar-refractivity contribution in [1.29, 1.82) is 0 Å². The van der Waals surface area contributed by atoms with E-state index in [4.69, 9.17) is 8.83 Å². The van der Waals surface area contributed by atoms with Crippen molar-refractivity contribution >= 4 is 109 Å². The van der Waals surface area contributed by atoms with E-state index in [1.165, 1.54) is 109 Å². The summed E-state index contributed by atoms with van der Waals surface area (Å²) in [7, 11) is 0. The predicted molar refractivity (Wildman–Crippen MR) is 339 cm³/mol. The van der Waals surface area contributed by atoms with Gasteiger partial charge in [-0.05, 0) is 192 Å². The van der Waals surface area contributed by atoms with Crippen LogP contribution >= 0.6 is 0 Å². The van der Waals surface area contributed by atoms with Crippen LogP contribution in [0.5, 0.6) is 0 Å². The molecule has 0 radical (unpaired) electrons. The molecular weight excluding hydrogens is 969 g/mol. The Morgan fingerprint density at radius 1 is 0.163 bits per heavy atom. The number of benzene rings is 15. The molecule has 370 valence electrons. The molecule has 0 aliphatic carbocycles. The van der Waals surface area contributed by atoms with Crippen LogP contribution in [-0.2, 0) is 0 Å². The Bertz CT molecular complexity index is 5360. The first-order valence-electron chi connectivity index (χ1n) is 27.5. The zero-order valence-corrected chi connectivity index (χ0v) is 43.4. The van der Waals surface area contributed by atoms with E-state index < -0.39 is 0 Å². The van der Waals surface area contributed by atoms with Gasteiger partial charge >= 0.3 is 0 Å². The Morgan fingerprint density at radius 3 is 1.21 bits per heavy atom. The van der Waals surface area contributed by atoms with Crippen LogP contribution in [-0.4, -0.2) is 0 Å². The number of hydrogen-bond donors (Lipinski definition) is 0. The van der Waals surface area contributed by atoms with Crippen LogP contribution in [0, 0.1) is 0 Å². The third-order valence-corrected chi connectivity index (χ3v) is 17.0. The van der Waals surface area contributed by atoms with Crippen molar-refractivity contribution in [2.45, 2.75) is 0 Å². The monoisotopic (exact) mass is 1010 g/mol. The lowest BCUT2D eigenvalue weighted by molar-refractivity contribution is 0.669. The molecule has 2 aromatic heterocycles. The van der Waals surface area contributed by atoms with E-state index in [2.05, 4.69) is 273 Å². The second-order valence-corrected chi connectivity index (χ2v) is 21.4. The molecule has 0 fully saturated rings. The highest BCUT2D eigenvalue weighted by Gasteiger charge is 2.22. The van der Waals surface area contributed by atoms with Gasteiger partial charge in [0.05, 0.1) is 0 Å². The summed E-state index contributed by atoms with van der Waals surface area (Å²) in [6.45, 7) is 0. The van der Waals surface area contributed by atoms with Gasteiger partial charge in [0, 0.05) is 21.5 Å². The molecule has 0 aliphatic rings. The standard InChI is InChI=1S/C78H46O2/c1-2-18-48(19-3-1)75-62-25-8-9-26-63(62)77(54-41-51-20-5-7-23-56(51)69(43-54)52-35-38-58-57-24-14-15-32-71(57)79-73(58)45-52)68-40-34-49(42-70(68)75)50-33-37-59-60-39-36-53(46-74(60)80-72(59)44-50)76-64-27-10-12-29-66(64)78(67-30-13-11-28-65(67)76)61-31-16-21-47-17-4-6-22-55(47)61/h1-46H. The molecule has 0 unspecified atom stereocenters. The number of hydrogen-bond acceptors (Lipinski definition) is 2. The molecule has 0 aliphatic heterocycles. The maximum absolute atomic E-state index is 6.97. The van der Waals surface area contributed by atoms with Gasteiger partial charge in [0.1, 0.15) is 22.3 Å². The van der Waals surface area contributed by atoms with Crippen molar-refractivity contribution in [3.05, 3.63) is 279 Å². The van der Waals surface area contributed by atoms with Gasteiger partial charge in [0.25, 0.3) is 0 Å². The summed E-state index contributed by atoms with van der Waals surface area (Å²) in [4.78, 5) is 0. The van der Waals surface area contributed by atoms with E-state index >= 15 is 0 Å². The number of para-hydroxylation sites is 1. The lowest BCUT2D eigenvalue weighted by atomic mass is 9.83. The first-order chi connectivity index (χ1) is 39.7. The Hall–Kier alpha value is -10.5. The molecule has 2 nitrogen and oxygen atoms in total. The molecule has 80 heavy (non-hydrogen) atoms. The average Bonchev–Trinajstić information content (AvgIpc) is 4.23. The summed E-state index contributed by atoms with van der Waals surface area (Å²) in [6, 6.07) is 102. The largest absolute Gasteiger partial charge is 0.456 e. The minimum Gasteiger partial charge on any atom is -0.456 e. The molecule has 0 bridgehead atoms. The smallest absolute Gasteiger partial charge is 0.136 e. The quantitative estimate of drug-likeness (QED) is 0.155. The van der Waals surface area contributed by atoms with Crippen LogP contribution in [0.4, 0.5) is 0 Å². The lowest BCUT2D eigenvalue weighted by Crippen LogP contribution is -1.93. The summed E-state index contributed by atoms with van der Waals surface area (Å²) in [5.74, 6) is 0. The van der Waals surface area contributed by atoms with Crippen LogP contribution in [0.25, 0.3) is 175 Å². The van der Waals surface area contributed by atoms with Gasteiger partial charge in [-0.1, -0.05) is 218 Å². The average molecular weight is 1020 g/mol. The van der Waals surface area contributed by atoms with E-state index in [1.807, 2.05) is 6.07 Å². The third kappa shape index (κ3) is 6.79. The third-order valence-electron chi connectivity index (χ3n) is 17.0. The predicted octanol–water partition coefficient (Wildman–Crippen LogP) is 22.4. The van der Waals surface area contributed by atoms with Gasteiger partial charge in [-0.25, -0.2) is 0 Å². The van der Waals surface area contributed by atoms with Gasteiger partial charge in [-0.3, -0.25) is 0 Å². The van der Waals surface area contributed by atoms with Gasteiger partial charge < -0.3 is 8.83 Å². The van der Waals surface area contributed by atoms with Crippen LogP contribution in [0.2, 0.25) is 0 Å². The maximum atomic E-state index is 6.97. The summed E-state index contributed by atoms with van der Waals surface area (Å²) in [5.41, 5.74) is 17.7. The summed E-state index contributed by atoms with van der Waals surface area (Å²) >= 11 is 0. The second-order valence-electron chi connectivity index (χ2n) is 21.4. The Balaban J connectivity index is 0.829. The van der Waals surface area contributed by atoms with E-state index in [-0.39, 0.29) is 0 Å². The highest BCUT2D eigenvalue weighted by atomic mass is 16.3. The normalized spacial score (nSPS) is 12.0. The molecule has 15 aromatic carbocycles. The van der Waals surface area contributed by atoms with E-state index in [9.17, 15) is 0 Å². The van der Waals surface area contributed by atoms with Gasteiger partial charge in [0.2, 0.25) is 0 Å². The van der Waals surface area contributed by atoms with Gasteiger partial charge in [0.15, 0.2) is 0 Å². The second kappa shape index (κ2) is 17.5. The minimum atomic E-state index is 0.864. The molecule has 17 aromatic rings. The molecule has 2 heterocycles. The fourth-order valence-electron chi connectivity index (χ4n) is 13.5. The molecule has 0 spiro atoms. The van der Waals surface area contributed by atoms with Crippen molar-refractivity contribution < 1.29 is 8.83 Å².